The first-order valence-electron chi connectivity index (χ1n) is 10.4. The number of para-hydroxylation sites is 1. The third-order valence-electron chi connectivity index (χ3n) is 5.69. The Morgan fingerprint density at radius 1 is 1.15 bits per heavy atom. The highest BCUT2D eigenvalue weighted by atomic mass is 32.2. The molecule has 34 heavy (non-hydrogen) atoms. The Hall–Kier alpha value is -3.37. The molecule has 2 aromatic carbocycles. The summed E-state index contributed by atoms with van der Waals surface area (Å²) in [6.07, 6.45) is 2.30. The lowest BCUT2D eigenvalue weighted by molar-refractivity contribution is -0.0522. The second kappa shape index (κ2) is 8.44. The number of alkyl halides is 2. The Bertz CT molecular complexity index is 1500. The summed E-state index contributed by atoms with van der Waals surface area (Å²) in [6, 6.07) is 13.6. The van der Waals surface area contributed by atoms with Gasteiger partial charge in [-0.15, -0.1) is 0 Å². The van der Waals surface area contributed by atoms with Crippen LogP contribution in [0.5, 0.6) is 5.75 Å². The molecule has 0 saturated heterocycles. The highest BCUT2D eigenvalue weighted by Gasteiger charge is 2.31. The predicted octanol–water partition coefficient (Wildman–Crippen LogP) is 4.81. The zero-order valence-corrected chi connectivity index (χ0v) is 18.7. The summed E-state index contributed by atoms with van der Waals surface area (Å²) in [5.41, 5.74) is 2.50. The van der Waals surface area contributed by atoms with Crippen molar-refractivity contribution in [2.24, 2.45) is 0 Å². The smallest absolute Gasteiger partial charge is 0.387 e. The molecule has 1 unspecified atom stereocenters. The van der Waals surface area contributed by atoms with Crippen molar-refractivity contribution in [3.63, 3.8) is 0 Å². The number of imidazole rings is 1. The Kier molecular flexibility index (Phi) is 5.57. The molecule has 0 spiro atoms. The van der Waals surface area contributed by atoms with Crippen molar-refractivity contribution in [1.29, 1.82) is 0 Å². The highest BCUT2D eigenvalue weighted by Crippen LogP contribution is 2.39. The van der Waals surface area contributed by atoms with Crippen LogP contribution < -0.4 is 4.74 Å². The first-order chi connectivity index (χ1) is 16.2. The zero-order chi connectivity index (χ0) is 24.0. The molecule has 176 valence electrons. The topological polar surface area (TPSA) is 69.9 Å². The first-order valence-corrected chi connectivity index (χ1v) is 12.3. The lowest BCUT2D eigenvalue weighted by Gasteiger charge is -2.25. The number of nitrogens with zero attached hydrogens (tertiary/aromatic N) is 2. The Balaban J connectivity index is 1.69. The maximum absolute atomic E-state index is 15.1. The van der Waals surface area contributed by atoms with Crippen LogP contribution in [0.4, 0.5) is 13.2 Å². The average molecular weight is 488 g/mol. The van der Waals surface area contributed by atoms with Gasteiger partial charge < -0.3 is 9.47 Å². The summed E-state index contributed by atoms with van der Waals surface area (Å²) in [7, 11) is -3.49. The Labute approximate surface area is 193 Å². The van der Waals surface area contributed by atoms with Crippen LogP contribution in [0.15, 0.2) is 65.7 Å². The summed E-state index contributed by atoms with van der Waals surface area (Å²) >= 11 is 0. The van der Waals surface area contributed by atoms with E-state index in [9.17, 15) is 17.2 Å². The molecule has 1 aliphatic heterocycles. The summed E-state index contributed by atoms with van der Waals surface area (Å²) in [5.74, 6) is -0.590. The van der Waals surface area contributed by atoms with Crippen LogP contribution in [-0.4, -0.2) is 37.3 Å². The fourth-order valence-corrected chi connectivity index (χ4v) is 4.86. The maximum atomic E-state index is 15.1. The fraction of sp³-hybridized carbons (Fsp3) is 0.208. The largest absolute Gasteiger partial charge is 0.434 e. The predicted molar refractivity (Wildman–Crippen MR) is 118 cm³/mol. The summed E-state index contributed by atoms with van der Waals surface area (Å²) in [5, 5.41) is 0. The fourth-order valence-electron chi connectivity index (χ4n) is 4.19. The second-order valence-electron chi connectivity index (χ2n) is 7.92. The van der Waals surface area contributed by atoms with Gasteiger partial charge in [-0.25, -0.2) is 17.8 Å². The highest BCUT2D eigenvalue weighted by molar-refractivity contribution is 7.90. The molecule has 6 nitrogen and oxygen atoms in total. The average Bonchev–Trinajstić information content (AvgIpc) is 3.15. The lowest BCUT2D eigenvalue weighted by Crippen LogP contribution is -2.20. The van der Waals surface area contributed by atoms with Gasteiger partial charge in [-0.05, 0) is 23.8 Å². The molecule has 0 saturated carbocycles. The molecule has 0 N–H and O–H groups in total. The van der Waals surface area contributed by atoms with E-state index in [0.717, 1.165) is 6.26 Å². The van der Waals surface area contributed by atoms with Gasteiger partial charge in [0.15, 0.2) is 9.84 Å². The number of rotatable bonds is 5. The number of fused-ring (bicyclic) bond motifs is 3. The van der Waals surface area contributed by atoms with Gasteiger partial charge in [0, 0.05) is 36.1 Å². The number of aromatic nitrogens is 2. The van der Waals surface area contributed by atoms with Crippen molar-refractivity contribution in [2.75, 3.05) is 12.9 Å². The van der Waals surface area contributed by atoms with Crippen LogP contribution >= 0.6 is 0 Å². The van der Waals surface area contributed by atoms with Crippen molar-refractivity contribution in [1.82, 2.24) is 9.38 Å². The van der Waals surface area contributed by atoms with Crippen molar-refractivity contribution < 1.29 is 31.1 Å². The standard InChI is InChI=1S/C24H19F3N2O4S/c1-34(30,31)15-6-4-5-14(11-15)17-13-29-21(12-18(17)25)28-19-9-10-32-23(22(19)29)16-7-2-3-8-20(16)33-24(26)27/h2-8,11-13,23-24H,9-10H2,1H3. The van der Waals surface area contributed by atoms with Gasteiger partial charge in [-0.1, -0.05) is 30.3 Å². The molecule has 2 aromatic heterocycles. The van der Waals surface area contributed by atoms with Crippen molar-refractivity contribution in [3.05, 3.63) is 83.6 Å². The number of sulfone groups is 1. The second-order valence-corrected chi connectivity index (χ2v) is 9.94. The summed E-state index contributed by atoms with van der Waals surface area (Å²) in [4.78, 5) is 4.60. The number of hydrogen-bond donors (Lipinski definition) is 0. The van der Waals surface area contributed by atoms with E-state index < -0.39 is 28.4 Å². The summed E-state index contributed by atoms with van der Waals surface area (Å²) < 4.78 is 77.4. The molecular formula is C24H19F3N2O4S. The van der Waals surface area contributed by atoms with Gasteiger partial charge in [0.25, 0.3) is 0 Å². The number of benzene rings is 2. The Morgan fingerprint density at radius 2 is 1.94 bits per heavy atom. The van der Waals surface area contributed by atoms with Crippen LogP contribution in [0.25, 0.3) is 16.8 Å². The molecule has 1 atom stereocenters. The lowest BCUT2D eigenvalue weighted by atomic mass is 10.0. The monoisotopic (exact) mass is 488 g/mol. The van der Waals surface area contributed by atoms with Gasteiger partial charge in [0.2, 0.25) is 0 Å². The maximum Gasteiger partial charge on any atom is 0.387 e. The van der Waals surface area contributed by atoms with Gasteiger partial charge in [-0.3, -0.25) is 4.40 Å². The van der Waals surface area contributed by atoms with Crippen LogP contribution in [-0.2, 0) is 21.0 Å². The van der Waals surface area contributed by atoms with E-state index in [1.807, 2.05) is 0 Å². The molecule has 5 rings (SSSR count). The van der Waals surface area contributed by atoms with Crippen LogP contribution in [0.1, 0.15) is 23.1 Å². The molecule has 0 amide bonds. The van der Waals surface area contributed by atoms with Crippen molar-refractivity contribution in [3.8, 4) is 16.9 Å². The van der Waals surface area contributed by atoms with Crippen LogP contribution in [0, 0.1) is 5.82 Å². The number of hydrogen-bond acceptors (Lipinski definition) is 5. The molecule has 10 heteroatoms. The molecule has 0 fully saturated rings. The molecule has 1 aliphatic rings. The third kappa shape index (κ3) is 4.03. The van der Waals surface area contributed by atoms with E-state index in [2.05, 4.69) is 4.98 Å². The zero-order valence-electron chi connectivity index (χ0n) is 17.9. The van der Waals surface area contributed by atoms with E-state index in [-0.39, 0.29) is 16.2 Å². The number of ether oxygens (including phenoxy) is 2. The minimum atomic E-state index is -3.49. The molecular weight excluding hydrogens is 469 g/mol. The molecule has 4 aromatic rings. The van der Waals surface area contributed by atoms with Gasteiger partial charge in [0.05, 0.1) is 22.9 Å². The minimum Gasteiger partial charge on any atom is -0.434 e. The van der Waals surface area contributed by atoms with E-state index in [4.69, 9.17) is 9.47 Å². The minimum absolute atomic E-state index is 0.0199. The molecule has 0 bridgehead atoms. The summed E-state index contributed by atoms with van der Waals surface area (Å²) in [6.45, 7) is -2.70. The van der Waals surface area contributed by atoms with E-state index in [0.29, 0.717) is 41.2 Å². The normalized spacial score (nSPS) is 16.1. The van der Waals surface area contributed by atoms with E-state index >= 15 is 4.39 Å². The molecule has 0 radical (unpaired) electrons. The first kappa shape index (κ1) is 22.4. The van der Waals surface area contributed by atoms with Crippen LogP contribution in [0.3, 0.4) is 0 Å². The third-order valence-corrected chi connectivity index (χ3v) is 6.80. The van der Waals surface area contributed by atoms with Crippen LogP contribution in [0.2, 0.25) is 0 Å². The van der Waals surface area contributed by atoms with E-state index in [1.165, 1.54) is 30.5 Å². The van der Waals surface area contributed by atoms with E-state index in [1.54, 1.807) is 34.7 Å². The molecule has 3 heterocycles. The van der Waals surface area contributed by atoms with Crippen molar-refractivity contribution in [2.45, 2.75) is 24.0 Å². The number of halogens is 3. The molecule has 0 aliphatic carbocycles. The Morgan fingerprint density at radius 3 is 2.71 bits per heavy atom. The van der Waals surface area contributed by atoms with Gasteiger partial charge >= 0.3 is 6.61 Å². The SMILES string of the molecule is CS(=O)(=O)c1cccc(-c2cn3c4c(nc3cc2F)CCOC4c2ccccc2OC(F)F)c1. The van der Waals surface area contributed by atoms with Crippen molar-refractivity contribution >= 4 is 15.5 Å². The quantitative estimate of drug-likeness (QED) is 0.403. The van der Waals surface area contributed by atoms with Gasteiger partial charge in [-0.2, -0.15) is 8.78 Å². The van der Waals surface area contributed by atoms with Gasteiger partial charge in [0.1, 0.15) is 23.3 Å². The number of pyridine rings is 1.